The monoisotopic (exact) mass is 360 g/mol. The Balaban J connectivity index is 2.40. The van der Waals surface area contributed by atoms with Crippen molar-refractivity contribution in [2.45, 2.75) is 44.2 Å². The van der Waals surface area contributed by atoms with Crippen LogP contribution in [0.4, 0.5) is 0 Å². The molecule has 2 rings (SSSR count). The number of nitrogens with two attached hydrogens (primary N) is 1. The number of hydrogen-bond donors (Lipinski definition) is 1. The van der Waals surface area contributed by atoms with Crippen molar-refractivity contribution in [2.24, 2.45) is 11.7 Å². The second-order valence-corrected chi connectivity index (χ2v) is 8.28. The molecular weight excluding hydrogens is 340 g/mol. The van der Waals surface area contributed by atoms with E-state index in [0.29, 0.717) is 28.4 Å². The molecule has 20 heavy (non-hydrogen) atoms. The Labute approximate surface area is 129 Å². The van der Waals surface area contributed by atoms with Crippen LogP contribution in [-0.2, 0) is 16.6 Å². The van der Waals surface area contributed by atoms with Gasteiger partial charge in [0.1, 0.15) is 0 Å². The summed E-state index contributed by atoms with van der Waals surface area (Å²) in [5.41, 5.74) is 6.44. The minimum absolute atomic E-state index is 0.0391. The molecule has 0 radical (unpaired) electrons. The molecule has 0 aliphatic carbocycles. The normalized spacial score (nSPS) is 24.8. The highest BCUT2D eigenvalue weighted by Gasteiger charge is 2.34. The van der Waals surface area contributed by atoms with Crippen LogP contribution in [0.3, 0.4) is 0 Å². The maximum atomic E-state index is 12.8. The van der Waals surface area contributed by atoms with Gasteiger partial charge >= 0.3 is 0 Å². The molecule has 0 saturated carbocycles. The van der Waals surface area contributed by atoms with Gasteiger partial charge < -0.3 is 5.73 Å². The van der Waals surface area contributed by atoms with E-state index in [0.717, 1.165) is 18.4 Å². The van der Waals surface area contributed by atoms with Crippen LogP contribution in [-0.4, -0.2) is 25.3 Å². The van der Waals surface area contributed by atoms with Gasteiger partial charge in [0, 0.05) is 23.6 Å². The summed E-state index contributed by atoms with van der Waals surface area (Å²) in [6.45, 7) is 5.08. The van der Waals surface area contributed by atoms with E-state index in [-0.39, 0.29) is 6.04 Å². The highest BCUT2D eigenvalue weighted by molar-refractivity contribution is 9.10. The van der Waals surface area contributed by atoms with Crippen LogP contribution in [0.2, 0.25) is 0 Å². The molecule has 0 amide bonds. The first-order chi connectivity index (χ1) is 9.36. The summed E-state index contributed by atoms with van der Waals surface area (Å²) in [5, 5.41) is 0. The Morgan fingerprint density at radius 2 is 2.10 bits per heavy atom. The van der Waals surface area contributed by atoms with E-state index >= 15 is 0 Å². The number of piperidine rings is 1. The quantitative estimate of drug-likeness (QED) is 0.900. The van der Waals surface area contributed by atoms with E-state index in [2.05, 4.69) is 22.9 Å². The number of benzene rings is 1. The third-order valence-electron chi connectivity index (χ3n) is 3.90. The second-order valence-electron chi connectivity index (χ2n) is 5.56. The lowest BCUT2D eigenvalue weighted by Gasteiger charge is -2.35. The first-order valence-electron chi connectivity index (χ1n) is 6.86. The molecule has 6 heteroatoms. The SMILES string of the molecule is CC1CCN(S(=O)(=O)c2cc(CN)ccc2Br)C(C)C1. The Morgan fingerprint density at radius 1 is 1.40 bits per heavy atom. The van der Waals surface area contributed by atoms with Gasteiger partial charge in [-0.05, 0) is 59.3 Å². The Bertz CT molecular complexity index is 589. The largest absolute Gasteiger partial charge is 0.326 e. The van der Waals surface area contributed by atoms with Crippen molar-refractivity contribution in [3.8, 4) is 0 Å². The molecule has 1 heterocycles. The number of hydrogen-bond acceptors (Lipinski definition) is 3. The molecule has 0 aromatic heterocycles. The fraction of sp³-hybridized carbons (Fsp3) is 0.571. The summed E-state index contributed by atoms with van der Waals surface area (Å²) in [6, 6.07) is 5.30. The molecule has 0 bridgehead atoms. The van der Waals surface area contributed by atoms with Gasteiger partial charge in [-0.15, -0.1) is 0 Å². The standard InChI is InChI=1S/C14H21BrN2O2S/c1-10-5-6-17(11(2)7-10)20(18,19)14-8-12(9-16)3-4-13(14)15/h3-4,8,10-11H,5-7,9,16H2,1-2H3. The first kappa shape index (κ1) is 15.9. The Hall–Kier alpha value is -0.430. The molecule has 1 aliphatic rings. The van der Waals surface area contributed by atoms with E-state index in [1.54, 1.807) is 16.4 Å². The molecule has 2 atom stereocenters. The van der Waals surface area contributed by atoms with Crippen molar-refractivity contribution in [3.05, 3.63) is 28.2 Å². The van der Waals surface area contributed by atoms with Gasteiger partial charge in [-0.2, -0.15) is 4.31 Å². The van der Waals surface area contributed by atoms with Crippen LogP contribution >= 0.6 is 15.9 Å². The summed E-state index contributed by atoms with van der Waals surface area (Å²) >= 11 is 3.35. The van der Waals surface area contributed by atoms with Crippen molar-refractivity contribution in [2.75, 3.05) is 6.54 Å². The second kappa shape index (κ2) is 6.13. The van der Waals surface area contributed by atoms with Crippen molar-refractivity contribution < 1.29 is 8.42 Å². The smallest absolute Gasteiger partial charge is 0.244 e. The van der Waals surface area contributed by atoms with Gasteiger partial charge in [0.2, 0.25) is 10.0 Å². The van der Waals surface area contributed by atoms with Crippen LogP contribution in [0, 0.1) is 5.92 Å². The van der Waals surface area contributed by atoms with E-state index < -0.39 is 10.0 Å². The van der Waals surface area contributed by atoms with Crippen LogP contribution in [0.1, 0.15) is 32.3 Å². The predicted molar refractivity (Wildman–Crippen MR) is 83.8 cm³/mol. The molecule has 1 aromatic carbocycles. The molecule has 1 aliphatic heterocycles. The average molecular weight is 361 g/mol. The zero-order chi connectivity index (χ0) is 14.9. The highest BCUT2D eigenvalue weighted by atomic mass is 79.9. The van der Waals surface area contributed by atoms with E-state index in [1.807, 2.05) is 13.0 Å². The first-order valence-corrected chi connectivity index (χ1v) is 9.10. The van der Waals surface area contributed by atoms with Gasteiger partial charge in [-0.25, -0.2) is 8.42 Å². The summed E-state index contributed by atoms with van der Waals surface area (Å²) < 4.78 is 27.9. The third kappa shape index (κ3) is 3.08. The van der Waals surface area contributed by atoms with Crippen LogP contribution in [0.15, 0.2) is 27.6 Å². The number of sulfonamides is 1. The maximum absolute atomic E-state index is 12.8. The molecule has 0 spiro atoms. The summed E-state index contributed by atoms with van der Waals surface area (Å²) in [7, 11) is -3.47. The summed E-state index contributed by atoms with van der Waals surface area (Å²) in [6.07, 6.45) is 1.82. The molecule has 1 fully saturated rings. The minimum Gasteiger partial charge on any atom is -0.326 e. The van der Waals surface area contributed by atoms with E-state index in [1.165, 1.54) is 0 Å². The Morgan fingerprint density at radius 3 is 2.70 bits per heavy atom. The van der Waals surface area contributed by atoms with E-state index in [4.69, 9.17) is 5.73 Å². The zero-order valence-electron chi connectivity index (χ0n) is 11.8. The molecule has 2 N–H and O–H groups in total. The number of rotatable bonds is 3. The fourth-order valence-electron chi connectivity index (χ4n) is 2.74. The molecule has 4 nitrogen and oxygen atoms in total. The van der Waals surface area contributed by atoms with Crippen LogP contribution in [0.5, 0.6) is 0 Å². The summed E-state index contributed by atoms with van der Waals surface area (Å²) in [4.78, 5) is 0.321. The fourth-order valence-corrected chi connectivity index (χ4v) is 5.37. The Kier molecular flexibility index (Phi) is 4.89. The zero-order valence-corrected chi connectivity index (χ0v) is 14.2. The average Bonchev–Trinajstić information content (AvgIpc) is 2.38. The van der Waals surface area contributed by atoms with Crippen molar-refractivity contribution in [1.29, 1.82) is 0 Å². The van der Waals surface area contributed by atoms with Crippen LogP contribution in [0.25, 0.3) is 0 Å². The van der Waals surface area contributed by atoms with Gasteiger partial charge in [0.15, 0.2) is 0 Å². The molecule has 112 valence electrons. The lowest BCUT2D eigenvalue weighted by atomic mass is 9.95. The lowest BCUT2D eigenvalue weighted by molar-refractivity contribution is 0.220. The van der Waals surface area contributed by atoms with Crippen molar-refractivity contribution in [1.82, 2.24) is 4.31 Å². The van der Waals surface area contributed by atoms with Crippen molar-refractivity contribution >= 4 is 26.0 Å². The topological polar surface area (TPSA) is 63.4 Å². The van der Waals surface area contributed by atoms with Crippen molar-refractivity contribution in [3.63, 3.8) is 0 Å². The molecule has 1 saturated heterocycles. The van der Waals surface area contributed by atoms with Gasteiger partial charge in [0.25, 0.3) is 0 Å². The van der Waals surface area contributed by atoms with Crippen LogP contribution < -0.4 is 5.73 Å². The number of halogens is 1. The van der Waals surface area contributed by atoms with E-state index in [9.17, 15) is 8.42 Å². The summed E-state index contributed by atoms with van der Waals surface area (Å²) in [5.74, 6) is 0.579. The molecule has 2 unspecified atom stereocenters. The maximum Gasteiger partial charge on any atom is 0.244 e. The highest BCUT2D eigenvalue weighted by Crippen LogP contribution is 2.31. The lowest BCUT2D eigenvalue weighted by Crippen LogP contribution is -2.44. The van der Waals surface area contributed by atoms with Gasteiger partial charge in [0.05, 0.1) is 4.90 Å². The third-order valence-corrected chi connectivity index (χ3v) is 6.90. The number of nitrogens with zero attached hydrogens (tertiary/aromatic N) is 1. The molecule has 1 aromatic rings. The molecular formula is C14H21BrN2O2S. The predicted octanol–water partition coefficient (Wildman–Crippen LogP) is 2.72. The van der Waals surface area contributed by atoms with Gasteiger partial charge in [-0.1, -0.05) is 13.0 Å². The van der Waals surface area contributed by atoms with Gasteiger partial charge in [-0.3, -0.25) is 0 Å². The minimum atomic E-state index is -3.47.